The Hall–Kier alpha value is -2.19. The van der Waals surface area contributed by atoms with Gasteiger partial charge in [0.1, 0.15) is 5.82 Å². The maximum absolute atomic E-state index is 14.9. The molecule has 0 nitrogen and oxygen atoms in total. The van der Waals surface area contributed by atoms with Crippen LogP contribution in [-0.4, -0.2) is 0 Å². The molecular formula is C21H14BrF. The summed E-state index contributed by atoms with van der Waals surface area (Å²) in [6, 6.07) is 21.8. The first-order valence-electron chi connectivity index (χ1n) is 7.52. The summed E-state index contributed by atoms with van der Waals surface area (Å²) in [5, 5.41) is 4.16. The van der Waals surface area contributed by atoms with E-state index in [2.05, 4.69) is 40.2 Å². The molecule has 0 aliphatic carbocycles. The molecule has 0 N–H and O–H groups in total. The summed E-state index contributed by atoms with van der Waals surface area (Å²) in [6.07, 6.45) is 0. The summed E-state index contributed by atoms with van der Waals surface area (Å²) >= 11 is 3.48. The molecule has 0 saturated heterocycles. The zero-order valence-corrected chi connectivity index (χ0v) is 14.2. The smallest absolute Gasteiger partial charge is 0.132 e. The molecule has 0 unspecified atom stereocenters. The molecule has 4 rings (SSSR count). The zero-order valence-electron chi connectivity index (χ0n) is 12.6. The van der Waals surface area contributed by atoms with Crippen LogP contribution in [0.5, 0.6) is 0 Å². The van der Waals surface area contributed by atoms with Crippen molar-refractivity contribution in [1.82, 2.24) is 0 Å². The summed E-state index contributed by atoms with van der Waals surface area (Å²) in [6.45, 7) is 2.04. The highest BCUT2D eigenvalue weighted by Gasteiger charge is 2.16. The second-order valence-corrected chi connectivity index (χ2v) is 6.59. The molecule has 0 atom stereocenters. The van der Waals surface area contributed by atoms with E-state index in [4.69, 9.17) is 0 Å². The molecule has 0 heterocycles. The summed E-state index contributed by atoms with van der Waals surface area (Å²) < 4.78 is 15.7. The van der Waals surface area contributed by atoms with Crippen LogP contribution in [0.3, 0.4) is 0 Å². The lowest BCUT2D eigenvalue weighted by Crippen LogP contribution is -1.93. The van der Waals surface area contributed by atoms with Gasteiger partial charge in [0, 0.05) is 10.0 Å². The van der Waals surface area contributed by atoms with Crippen LogP contribution >= 0.6 is 15.9 Å². The second-order valence-electron chi connectivity index (χ2n) is 5.74. The van der Waals surface area contributed by atoms with E-state index in [0.717, 1.165) is 37.1 Å². The first-order chi connectivity index (χ1) is 11.2. The van der Waals surface area contributed by atoms with Gasteiger partial charge in [-0.05, 0) is 45.7 Å². The molecule has 2 heteroatoms. The van der Waals surface area contributed by atoms with Crippen molar-refractivity contribution < 1.29 is 4.39 Å². The van der Waals surface area contributed by atoms with Gasteiger partial charge in [0.15, 0.2) is 0 Å². The van der Waals surface area contributed by atoms with Gasteiger partial charge < -0.3 is 0 Å². The van der Waals surface area contributed by atoms with E-state index in [1.54, 1.807) is 6.07 Å². The van der Waals surface area contributed by atoms with Crippen molar-refractivity contribution in [3.8, 4) is 11.1 Å². The Morgan fingerprint density at radius 2 is 1.39 bits per heavy atom. The fourth-order valence-electron chi connectivity index (χ4n) is 3.27. The molecule has 0 bridgehead atoms. The lowest BCUT2D eigenvalue weighted by molar-refractivity contribution is 0.632. The average molecular weight is 365 g/mol. The van der Waals surface area contributed by atoms with Gasteiger partial charge in [-0.2, -0.15) is 0 Å². The Balaban J connectivity index is 2.22. The Bertz CT molecular complexity index is 1050. The summed E-state index contributed by atoms with van der Waals surface area (Å²) in [4.78, 5) is 0. The van der Waals surface area contributed by atoms with E-state index in [1.165, 1.54) is 0 Å². The molecule has 0 aliphatic heterocycles. The van der Waals surface area contributed by atoms with E-state index in [-0.39, 0.29) is 5.82 Å². The predicted molar refractivity (Wildman–Crippen MR) is 99.3 cm³/mol. The quantitative estimate of drug-likeness (QED) is 0.345. The van der Waals surface area contributed by atoms with Gasteiger partial charge in [-0.25, -0.2) is 4.39 Å². The van der Waals surface area contributed by atoms with Gasteiger partial charge in [0.2, 0.25) is 0 Å². The predicted octanol–water partition coefficient (Wildman–Crippen LogP) is 6.87. The highest BCUT2D eigenvalue weighted by Crippen LogP contribution is 2.40. The minimum atomic E-state index is -0.199. The number of halogens is 2. The van der Waals surface area contributed by atoms with Gasteiger partial charge in [0.25, 0.3) is 0 Å². The third kappa shape index (κ3) is 2.25. The Morgan fingerprint density at radius 1 is 0.739 bits per heavy atom. The maximum Gasteiger partial charge on any atom is 0.132 e. The molecule has 0 spiro atoms. The van der Waals surface area contributed by atoms with Crippen molar-refractivity contribution in [2.45, 2.75) is 6.92 Å². The summed E-state index contributed by atoms with van der Waals surface area (Å²) in [5.41, 5.74) is 2.73. The van der Waals surface area contributed by atoms with Gasteiger partial charge in [-0.3, -0.25) is 0 Å². The number of benzene rings is 4. The minimum absolute atomic E-state index is 0.199. The van der Waals surface area contributed by atoms with Crippen LogP contribution in [0.2, 0.25) is 0 Å². The van der Waals surface area contributed by atoms with E-state index in [0.29, 0.717) is 5.56 Å². The van der Waals surface area contributed by atoms with E-state index in [1.807, 2.05) is 43.3 Å². The molecule has 0 amide bonds. The number of fused-ring (bicyclic) bond motifs is 2. The SMILES string of the molecule is Cc1ccc2ccccc2c1-c1c(F)cc(Br)c2ccccc12. The first kappa shape index (κ1) is 14.4. The molecule has 0 saturated carbocycles. The topological polar surface area (TPSA) is 0 Å². The van der Waals surface area contributed by atoms with Gasteiger partial charge >= 0.3 is 0 Å². The molecule has 4 aromatic carbocycles. The lowest BCUT2D eigenvalue weighted by Gasteiger charge is -2.15. The van der Waals surface area contributed by atoms with Gasteiger partial charge in [-0.15, -0.1) is 0 Å². The maximum atomic E-state index is 14.9. The highest BCUT2D eigenvalue weighted by atomic mass is 79.9. The lowest BCUT2D eigenvalue weighted by atomic mass is 9.90. The fraction of sp³-hybridized carbons (Fsp3) is 0.0476. The molecule has 0 fully saturated rings. The standard InChI is InChI=1S/C21H14BrF/c1-13-10-11-14-6-2-3-7-15(14)20(13)21-17-9-5-4-8-16(17)18(22)12-19(21)23/h2-12H,1H3. The van der Waals surface area contributed by atoms with E-state index < -0.39 is 0 Å². The number of aryl methyl sites for hydroxylation is 1. The van der Waals surface area contributed by atoms with Gasteiger partial charge in [-0.1, -0.05) is 76.6 Å². The number of hydrogen-bond donors (Lipinski definition) is 0. The van der Waals surface area contributed by atoms with Crippen LogP contribution in [0.4, 0.5) is 4.39 Å². The third-order valence-corrected chi connectivity index (χ3v) is 4.99. The van der Waals surface area contributed by atoms with Crippen LogP contribution in [0.15, 0.2) is 71.2 Å². The molecule has 0 aromatic heterocycles. The molecule has 23 heavy (non-hydrogen) atoms. The second kappa shape index (κ2) is 5.47. The summed E-state index contributed by atoms with van der Waals surface area (Å²) in [7, 11) is 0. The largest absolute Gasteiger partial charge is 0.206 e. The highest BCUT2D eigenvalue weighted by molar-refractivity contribution is 9.10. The molecule has 0 aliphatic rings. The van der Waals surface area contributed by atoms with E-state index in [9.17, 15) is 4.39 Å². The Morgan fingerprint density at radius 3 is 2.17 bits per heavy atom. The van der Waals surface area contributed by atoms with Crippen molar-refractivity contribution in [3.63, 3.8) is 0 Å². The van der Waals surface area contributed by atoms with Crippen LogP contribution in [0, 0.1) is 12.7 Å². The van der Waals surface area contributed by atoms with Crippen LogP contribution < -0.4 is 0 Å². The normalized spacial score (nSPS) is 11.3. The monoisotopic (exact) mass is 364 g/mol. The minimum Gasteiger partial charge on any atom is -0.206 e. The van der Waals surface area contributed by atoms with Crippen molar-refractivity contribution in [2.75, 3.05) is 0 Å². The fourth-order valence-corrected chi connectivity index (χ4v) is 3.81. The van der Waals surface area contributed by atoms with Crippen molar-refractivity contribution in [1.29, 1.82) is 0 Å². The Kier molecular flexibility index (Phi) is 3.42. The molecular weight excluding hydrogens is 351 g/mol. The number of rotatable bonds is 1. The van der Waals surface area contributed by atoms with Crippen molar-refractivity contribution in [2.24, 2.45) is 0 Å². The third-order valence-electron chi connectivity index (χ3n) is 4.33. The van der Waals surface area contributed by atoms with Crippen molar-refractivity contribution in [3.05, 3.63) is 82.6 Å². The summed E-state index contributed by atoms with van der Waals surface area (Å²) in [5.74, 6) is -0.199. The average Bonchev–Trinajstić information content (AvgIpc) is 2.57. The zero-order chi connectivity index (χ0) is 16.0. The van der Waals surface area contributed by atoms with Crippen LogP contribution in [0.25, 0.3) is 32.7 Å². The Labute approximate surface area is 142 Å². The van der Waals surface area contributed by atoms with Crippen LogP contribution in [-0.2, 0) is 0 Å². The molecule has 4 aromatic rings. The van der Waals surface area contributed by atoms with E-state index >= 15 is 0 Å². The number of hydrogen-bond acceptors (Lipinski definition) is 0. The first-order valence-corrected chi connectivity index (χ1v) is 8.31. The van der Waals surface area contributed by atoms with Crippen molar-refractivity contribution >= 4 is 37.5 Å². The van der Waals surface area contributed by atoms with Crippen LogP contribution in [0.1, 0.15) is 5.56 Å². The van der Waals surface area contributed by atoms with Gasteiger partial charge in [0.05, 0.1) is 0 Å². The molecule has 0 radical (unpaired) electrons. The molecule has 112 valence electrons.